The summed E-state index contributed by atoms with van der Waals surface area (Å²) in [6.45, 7) is 2.45. The van der Waals surface area contributed by atoms with Gasteiger partial charge in [0.2, 0.25) is 0 Å². The van der Waals surface area contributed by atoms with Crippen LogP contribution < -0.4 is 5.32 Å². The number of morpholine rings is 1. The molecule has 3 heterocycles. The number of carbonyl (C=O) groups excluding carboxylic acids is 2. The molecule has 1 fully saturated rings. The number of nitrogens with zero attached hydrogens (tertiary/aromatic N) is 3. The van der Waals surface area contributed by atoms with Crippen LogP contribution in [0.15, 0.2) is 42.7 Å². The highest BCUT2D eigenvalue weighted by molar-refractivity contribution is 5.98. The monoisotopic (exact) mass is 326 g/mol. The molecule has 0 aliphatic carbocycles. The molecule has 0 saturated carbocycles. The minimum atomic E-state index is -0.265. The van der Waals surface area contributed by atoms with Gasteiger partial charge in [0.25, 0.3) is 11.8 Å². The van der Waals surface area contributed by atoms with Crippen LogP contribution in [0.5, 0.6) is 0 Å². The SMILES string of the molecule is O=C(NCc1ccccn1)c1ccnc(C(=O)N2CCOCC2)c1. The molecule has 1 aliphatic rings. The van der Waals surface area contributed by atoms with E-state index in [1.807, 2.05) is 18.2 Å². The van der Waals surface area contributed by atoms with E-state index in [-0.39, 0.29) is 17.5 Å². The van der Waals surface area contributed by atoms with Crippen molar-refractivity contribution in [2.75, 3.05) is 26.3 Å². The molecule has 2 amide bonds. The minimum Gasteiger partial charge on any atom is -0.378 e. The molecule has 0 aromatic carbocycles. The zero-order valence-electron chi connectivity index (χ0n) is 13.1. The summed E-state index contributed by atoms with van der Waals surface area (Å²) in [6.07, 6.45) is 3.15. The lowest BCUT2D eigenvalue weighted by atomic mass is 10.2. The summed E-state index contributed by atoms with van der Waals surface area (Å²) in [7, 11) is 0. The van der Waals surface area contributed by atoms with Gasteiger partial charge in [-0.15, -0.1) is 0 Å². The quantitative estimate of drug-likeness (QED) is 0.901. The van der Waals surface area contributed by atoms with Crippen molar-refractivity contribution in [1.82, 2.24) is 20.2 Å². The first-order valence-electron chi connectivity index (χ1n) is 7.75. The number of ether oxygens (including phenoxy) is 1. The van der Waals surface area contributed by atoms with Crippen molar-refractivity contribution in [3.63, 3.8) is 0 Å². The number of pyridine rings is 2. The fraction of sp³-hybridized carbons (Fsp3) is 0.294. The summed E-state index contributed by atoms with van der Waals surface area (Å²) in [5.41, 5.74) is 1.43. The molecule has 0 atom stereocenters. The van der Waals surface area contributed by atoms with Gasteiger partial charge in [0.15, 0.2) is 0 Å². The molecule has 0 unspecified atom stereocenters. The zero-order valence-corrected chi connectivity index (χ0v) is 13.1. The van der Waals surface area contributed by atoms with E-state index < -0.39 is 0 Å². The summed E-state index contributed by atoms with van der Waals surface area (Å²) in [4.78, 5) is 34.6. The van der Waals surface area contributed by atoms with Gasteiger partial charge in [-0.1, -0.05) is 6.07 Å². The van der Waals surface area contributed by atoms with E-state index in [0.29, 0.717) is 38.4 Å². The van der Waals surface area contributed by atoms with Crippen molar-refractivity contribution in [2.24, 2.45) is 0 Å². The minimum absolute atomic E-state index is 0.183. The Morgan fingerprint density at radius 1 is 1.12 bits per heavy atom. The molecule has 1 aliphatic heterocycles. The molecule has 1 saturated heterocycles. The summed E-state index contributed by atoms with van der Waals surface area (Å²) in [5, 5.41) is 2.79. The Morgan fingerprint density at radius 2 is 1.96 bits per heavy atom. The molecule has 0 radical (unpaired) electrons. The van der Waals surface area contributed by atoms with Crippen molar-refractivity contribution in [3.8, 4) is 0 Å². The number of aromatic nitrogens is 2. The number of carbonyl (C=O) groups is 2. The molecule has 7 nitrogen and oxygen atoms in total. The molecule has 0 bridgehead atoms. The van der Waals surface area contributed by atoms with E-state index in [9.17, 15) is 9.59 Å². The normalized spacial score (nSPS) is 14.2. The van der Waals surface area contributed by atoms with E-state index in [2.05, 4.69) is 15.3 Å². The first-order chi connectivity index (χ1) is 11.7. The second kappa shape index (κ2) is 7.65. The van der Waals surface area contributed by atoms with Gasteiger partial charge < -0.3 is 15.0 Å². The van der Waals surface area contributed by atoms with Crippen LogP contribution in [0.3, 0.4) is 0 Å². The summed E-state index contributed by atoms with van der Waals surface area (Å²) in [6, 6.07) is 8.62. The van der Waals surface area contributed by atoms with Crippen molar-refractivity contribution in [1.29, 1.82) is 0 Å². The Hall–Kier alpha value is -2.80. The van der Waals surface area contributed by atoms with E-state index >= 15 is 0 Å². The number of amides is 2. The number of nitrogens with one attached hydrogen (secondary N) is 1. The molecule has 24 heavy (non-hydrogen) atoms. The van der Waals surface area contributed by atoms with E-state index in [1.165, 1.54) is 12.3 Å². The second-order valence-electron chi connectivity index (χ2n) is 5.34. The van der Waals surface area contributed by atoms with E-state index in [4.69, 9.17) is 4.74 Å². The summed E-state index contributed by atoms with van der Waals surface area (Å²) < 4.78 is 5.24. The number of hydrogen-bond donors (Lipinski definition) is 1. The maximum Gasteiger partial charge on any atom is 0.272 e. The molecule has 2 aromatic heterocycles. The summed E-state index contributed by atoms with van der Waals surface area (Å²) >= 11 is 0. The maximum atomic E-state index is 12.4. The Bertz CT molecular complexity index is 715. The standard InChI is InChI=1S/C17H18N4O3/c22-16(20-12-14-3-1-2-5-18-14)13-4-6-19-15(11-13)17(23)21-7-9-24-10-8-21/h1-6,11H,7-10,12H2,(H,20,22). The Morgan fingerprint density at radius 3 is 2.71 bits per heavy atom. The van der Waals surface area contributed by atoms with Crippen molar-refractivity contribution >= 4 is 11.8 Å². The van der Waals surface area contributed by atoms with Gasteiger partial charge in [-0.2, -0.15) is 0 Å². The van der Waals surface area contributed by atoms with Crippen molar-refractivity contribution in [3.05, 3.63) is 59.7 Å². The van der Waals surface area contributed by atoms with Crippen LogP contribution in [0.25, 0.3) is 0 Å². The van der Waals surface area contributed by atoms with Crippen LogP contribution in [0.4, 0.5) is 0 Å². The predicted octanol–water partition coefficient (Wildman–Crippen LogP) is 0.879. The highest BCUT2D eigenvalue weighted by Gasteiger charge is 2.20. The topological polar surface area (TPSA) is 84.4 Å². The Balaban J connectivity index is 1.65. The third-order valence-corrected chi connectivity index (χ3v) is 3.70. The second-order valence-corrected chi connectivity index (χ2v) is 5.34. The van der Waals surface area contributed by atoms with Gasteiger partial charge in [0.05, 0.1) is 25.5 Å². The average molecular weight is 326 g/mol. The lowest BCUT2D eigenvalue weighted by Gasteiger charge is -2.26. The predicted molar refractivity (Wildman–Crippen MR) is 86.4 cm³/mol. The molecular weight excluding hydrogens is 308 g/mol. The number of rotatable bonds is 4. The first-order valence-corrected chi connectivity index (χ1v) is 7.75. The van der Waals surface area contributed by atoms with Gasteiger partial charge in [-0.3, -0.25) is 19.6 Å². The van der Waals surface area contributed by atoms with Crippen LogP contribution >= 0.6 is 0 Å². The van der Waals surface area contributed by atoms with Crippen molar-refractivity contribution in [2.45, 2.75) is 6.54 Å². The van der Waals surface area contributed by atoms with Gasteiger partial charge in [0.1, 0.15) is 5.69 Å². The lowest BCUT2D eigenvalue weighted by Crippen LogP contribution is -2.41. The third kappa shape index (κ3) is 3.94. The van der Waals surface area contributed by atoms with Crippen LogP contribution in [0, 0.1) is 0 Å². The fourth-order valence-electron chi connectivity index (χ4n) is 2.39. The number of hydrogen-bond acceptors (Lipinski definition) is 5. The Kier molecular flexibility index (Phi) is 5.12. The van der Waals surface area contributed by atoms with Crippen LogP contribution in [0.2, 0.25) is 0 Å². The van der Waals surface area contributed by atoms with E-state index in [0.717, 1.165) is 5.69 Å². The van der Waals surface area contributed by atoms with Gasteiger partial charge >= 0.3 is 0 Å². The third-order valence-electron chi connectivity index (χ3n) is 3.70. The highest BCUT2D eigenvalue weighted by Crippen LogP contribution is 2.08. The van der Waals surface area contributed by atoms with E-state index in [1.54, 1.807) is 17.2 Å². The fourth-order valence-corrected chi connectivity index (χ4v) is 2.39. The van der Waals surface area contributed by atoms with Crippen LogP contribution in [-0.4, -0.2) is 53.0 Å². The smallest absolute Gasteiger partial charge is 0.272 e. The molecule has 2 aromatic rings. The highest BCUT2D eigenvalue weighted by atomic mass is 16.5. The molecule has 0 spiro atoms. The largest absolute Gasteiger partial charge is 0.378 e. The van der Waals surface area contributed by atoms with Crippen molar-refractivity contribution < 1.29 is 14.3 Å². The molecule has 1 N–H and O–H groups in total. The molecule has 7 heteroatoms. The zero-order chi connectivity index (χ0) is 16.8. The van der Waals surface area contributed by atoms with Gasteiger partial charge in [-0.25, -0.2) is 0 Å². The van der Waals surface area contributed by atoms with Crippen LogP contribution in [-0.2, 0) is 11.3 Å². The summed E-state index contributed by atoms with van der Waals surface area (Å²) in [5.74, 6) is -0.447. The molecule has 124 valence electrons. The van der Waals surface area contributed by atoms with Gasteiger partial charge in [0, 0.05) is 31.0 Å². The molecule has 3 rings (SSSR count). The Labute approximate surface area is 139 Å². The average Bonchev–Trinajstić information content (AvgIpc) is 2.67. The van der Waals surface area contributed by atoms with Crippen LogP contribution in [0.1, 0.15) is 26.5 Å². The first kappa shape index (κ1) is 16.1. The van der Waals surface area contributed by atoms with Gasteiger partial charge in [-0.05, 0) is 24.3 Å². The lowest BCUT2D eigenvalue weighted by molar-refractivity contribution is 0.0299. The molecular formula is C17H18N4O3. The maximum absolute atomic E-state index is 12.4.